The Bertz CT molecular complexity index is 997. The van der Waals surface area contributed by atoms with Gasteiger partial charge in [-0.3, -0.25) is 0 Å². The molecule has 1 aliphatic rings. The predicted octanol–water partition coefficient (Wildman–Crippen LogP) is 7.00. The Hall–Kier alpha value is -2.34. The number of pyridine rings is 1. The van der Waals surface area contributed by atoms with Crippen LogP contribution < -0.4 is 16.0 Å². The molecule has 3 N–H and O–H groups in total. The van der Waals surface area contributed by atoms with Crippen molar-refractivity contribution in [3.63, 3.8) is 0 Å². The Morgan fingerprint density at radius 1 is 0.969 bits per heavy atom. The van der Waals surface area contributed by atoms with Crippen LogP contribution in [0.4, 0.5) is 15.9 Å². The van der Waals surface area contributed by atoms with E-state index in [9.17, 15) is 4.39 Å². The Kier molecular flexibility index (Phi) is 9.60. The van der Waals surface area contributed by atoms with Crippen LogP contribution in [0.25, 0.3) is 11.1 Å². The van der Waals surface area contributed by atoms with Crippen molar-refractivity contribution in [3.8, 4) is 11.1 Å². The SMILES string of the molecule is C1CCNCC1.CCNc1cc(-c2ccc(Cl)c(NCc3cccc(F)c3)c2)c(Cl)cn1. The fraction of sp³-hybridized carbons (Fsp3) is 0.320. The molecule has 7 heteroatoms. The van der Waals surface area contributed by atoms with E-state index in [4.69, 9.17) is 23.2 Å². The summed E-state index contributed by atoms with van der Waals surface area (Å²) in [7, 11) is 0. The smallest absolute Gasteiger partial charge is 0.126 e. The van der Waals surface area contributed by atoms with Gasteiger partial charge in [-0.1, -0.05) is 47.8 Å². The van der Waals surface area contributed by atoms with Crippen LogP contribution in [0.3, 0.4) is 0 Å². The summed E-state index contributed by atoms with van der Waals surface area (Å²) in [5.41, 5.74) is 3.37. The third-order valence-corrected chi connectivity index (χ3v) is 5.70. The normalized spacial score (nSPS) is 13.1. The van der Waals surface area contributed by atoms with E-state index in [1.165, 1.54) is 44.5 Å². The van der Waals surface area contributed by atoms with Gasteiger partial charge in [0.25, 0.3) is 0 Å². The van der Waals surface area contributed by atoms with E-state index >= 15 is 0 Å². The van der Waals surface area contributed by atoms with Crippen molar-refractivity contribution in [2.45, 2.75) is 32.7 Å². The molecule has 0 radical (unpaired) electrons. The maximum absolute atomic E-state index is 13.3. The Balaban J connectivity index is 0.000000416. The summed E-state index contributed by atoms with van der Waals surface area (Å²) >= 11 is 12.6. The average Bonchev–Trinajstić information content (AvgIpc) is 2.82. The number of rotatable bonds is 6. The summed E-state index contributed by atoms with van der Waals surface area (Å²) in [6, 6.07) is 14.0. The lowest BCUT2D eigenvalue weighted by molar-refractivity contribution is 0.520. The minimum absolute atomic E-state index is 0.260. The van der Waals surface area contributed by atoms with Crippen LogP contribution in [-0.2, 0) is 6.54 Å². The van der Waals surface area contributed by atoms with E-state index in [0.29, 0.717) is 16.6 Å². The highest BCUT2D eigenvalue weighted by molar-refractivity contribution is 6.34. The zero-order valence-electron chi connectivity index (χ0n) is 18.2. The maximum atomic E-state index is 13.3. The molecule has 1 fully saturated rings. The molecule has 4 nitrogen and oxygen atoms in total. The van der Waals surface area contributed by atoms with Crippen molar-refractivity contribution in [2.75, 3.05) is 30.3 Å². The van der Waals surface area contributed by atoms with E-state index in [1.807, 2.05) is 37.3 Å². The molecule has 0 atom stereocenters. The number of hydrogen-bond donors (Lipinski definition) is 3. The number of nitrogens with zero attached hydrogens (tertiary/aromatic N) is 1. The standard InChI is InChI=1S/C20H18Cl2FN3.C5H11N/c1-2-24-20-10-16(18(22)12-26-20)14-6-7-17(21)19(9-14)25-11-13-4-3-5-15(23)8-13;1-2-4-6-5-3-1/h3-10,12,25H,2,11H2,1H3,(H,24,26);6H,1-5H2. The summed E-state index contributed by atoms with van der Waals surface area (Å²) in [6.45, 7) is 5.75. The number of hydrogen-bond acceptors (Lipinski definition) is 4. The molecule has 0 bridgehead atoms. The fourth-order valence-corrected chi connectivity index (χ4v) is 3.81. The molecule has 170 valence electrons. The second kappa shape index (κ2) is 12.6. The van der Waals surface area contributed by atoms with Crippen LogP contribution in [0.5, 0.6) is 0 Å². The molecule has 3 aromatic rings. The van der Waals surface area contributed by atoms with Crippen molar-refractivity contribution in [1.29, 1.82) is 0 Å². The Labute approximate surface area is 199 Å². The van der Waals surface area contributed by atoms with Crippen LogP contribution in [0.2, 0.25) is 10.0 Å². The fourth-order valence-electron chi connectivity index (χ4n) is 3.41. The molecule has 1 saturated heterocycles. The van der Waals surface area contributed by atoms with Gasteiger partial charge in [0.2, 0.25) is 0 Å². The lowest BCUT2D eigenvalue weighted by Gasteiger charge is -2.13. The highest BCUT2D eigenvalue weighted by Gasteiger charge is 2.09. The first-order valence-electron chi connectivity index (χ1n) is 10.9. The predicted molar refractivity (Wildman–Crippen MR) is 134 cm³/mol. The lowest BCUT2D eigenvalue weighted by atomic mass is 10.1. The molecule has 0 spiro atoms. The first-order chi connectivity index (χ1) is 15.6. The molecule has 0 aliphatic carbocycles. The summed E-state index contributed by atoms with van der Waals surface area (Å²) < 4.78 is 13.3. The van der Waals surface area contributed by atoms with Gasteiger partial charge in [-0.15, -0.1) is 0 Å². The molecule has 1 aliphatic heterocycles. The zero-order valence-corrected chi connectivity index (χ0v) is 19.7. The first kappa shape index (κ1) is 24.3. The molecular weight excluding hydrogens is 446 g/mol. The van der Waals surface area contributed by atoms with Crippen LogP contribution >= 0.6 is 23.2 Å². The highest BCUT2D eigenvalue weighted by Crippen LogP contribution is 2.34. The third kappa shape index (κ3) is 7.37. The minimum atomic E-state index is -0.260. The van der Waals surface area contributed by atoms with E-state index in [0.717, 1.165) is 34.7 Å². The van der Waals surface area contributed by atoms with Crippen LogP contribution in [0.15, 0.2) is 54.7 Å². The Morgan fingerprint density at radius 3 is 2.44 bits per heavy atom. The van der Waals surface area contributed by atoms with Crippen LogP contribution in [0.1, 0.15) is 31.7 Å². The molecule has 4 rings (SSSR count). The van der Waals surface area contributed by atoms with Crippen LogP contribution in [0, 0.1) is 5.82 Å². The van der Waals surface area contributed by atoms with Gasteiger partial charge in [-0.05, 0) is 74.3 Å². The molecule has 1 aromatic heterocycles. The largest absolute Gasteiger partial charge is 0.380 e. The third-order valence-electron chi connectivity index (χ3n) is 5.07. The van der Waals surface area contributed by atoms with Crippen molar-refractivity contribution in [3.05, 3.63) is 76.2 Å². The summed E-state index contributed by atoms with van der Waals surface area (Å²) in [5.74, 6) is 0.500. The van der Waals surface area contributed by atoms with Gasteiger partial charge in [0.15, 0.2) is 0 Å². The highest BCUT2D eigenvalue weighted by atomic mass is 35.5. The molecule has 32 heavy (non-hydrogen) atoms. The second-order valence-electron chi connectivity index (χ2n) is 7.57. The molecule has 0 unspecified atom stereocenters. The lowest BCUT2D eigenvalue weighted by Crippen LogP contribution is -2.21. The van der Waals surface area contributed by atoms with Crippen molar-refractivity contribution in [1.82, 2.24) is 10.3 Å². The number of benzene rings is 2. The van der Waals surface area contributed by atoms with Gasteiger partial charge in [-0.2, -0.15) is 0 Å². The van der Waals surface area contributed by atoms with Gasteiger partial charge < -0.3 is 16.0 Å². The number of anilines is 2. The number of aromatic nitrogens is 1. The quantitative estimate of drug-likeness (QED) is 0.359. The van der Waals surface area contributed by atoms with E-state index in [-0.39, 0.29) is 5.82 Å². The van der Waals surface area contributed by atoms with Gasteiger partial charge in [0.1, 0.15) is 11.6 Å². The summed E-state index contributed by atoms with van der Waals surface area (Å²) in [6.07, 6.45) is 5.84. The molecule has 2 heterocycles. The van der Waals surface area contributed by atoms with Gasteiger partial charge >= 0.3 is 0 Å². The van der Waals surface area contributed by atoms with Gasteiger partial charge in [0, 0.05) is 24.8 Å². The maximum Gasteiger partial charge on any atom is 0.126 e. The zero-order chi connectivity index (χ0) is 22.8. The number of piperidine rings is 1. The first-order valence-corrected chi connectivity index (χ1v) is 11.7. The Morgan fingerprint density at radius 2 is 1.78 bits per heavy atom. The molecular formula is C25H29Cl2FN4. The molecule has 0 amide bonds. The second-order valence-corrected chi connectivity index (χ2v) is 8.38. The van der Waals surface area contributed by atoms with Gasteiger partial charge in [-0.25, -0.2) is 9.37 Å². The molecule has 2 aromatic carbocycles. The monoisotopic (exact) mass is 474 g/mol. The van der Waals surface area contributed by atoms with E-state index in [2.05, 4.69) is 20.9 Å². The van der Waals surface area contributed by atoms with Gasteiger partial charge in [0.05, 0.1) is 15.7 Å². The van der Waals surface area contributed by atoms with Crippen LogP contribution in [-0.4, -0.2) is 24.6 Å². The van der Waals surface area contributed by atoms with Crippen molar-refractivity contribution < 1.29 is 4.39 Å². The van der Waals surface area contributed by atoms with Crippen molar-refractivity contribution >= 4 is 34.7 Å². The van der Waals surface area contributed by atoms with E-state index < -0.39 is 0 Å². The molecule has 0 saturated carbocycles. The topological polar surface area (TPSA) is 49.0 Å². The number of halogens is 3. The summed E-state index contributed by atoms with van der Waals surface area (Å²) in [4.78, 5) is 4.26. The van der Waals surface area contributed by atoms with Crippen molar-refractivity contribution in [2.24, 2.45) is 0 Å². The minimum Gasteiger partial charge on any atom is -0.380 e. The summed E-state index contributed by atoms with van der Waals surface area (Å²) in [5, 5.41) is 10.9. The number of nitrogens with one attached hydrogen (secondary N) is 3. The van der Waals surface area contributed by atoms with E-state index in [1.54, 1.807) is 12.3 Å². The average molecular weight is 475 g/mol.